The fourth-order valence-corrected chi connectivity index (χ4v) is 1.56. The molecule has 1 atom stereocenters. The Morgan fingerprint density at radius 2 is 2.26 bits per heavy atom. The fourth-order valence-electron chi connectivity index (χ4n) is 1.56. The van der Waals surface area contributed by atoms with Crippen LogP contribution >= 0.6 is 0 Å². The molecular formula is C13H18N2O4. The smallest absolute Gasteiger partial charge is 0.341 e. The molecule has 0 fully saturated rings. The van der Waals surface area contributed by atoms with Crippen molar-refractivity contribution in [3.63, 3.8) is 0 Å². The van der Waals surface area contributed by atoms with Crippen LogP contribution in [0.2, 0.25) is 0 Å². The van der Waals surface area contributed by atoms with Crippen LogP contribution in [0.3, 0.4) is 0 Å². The second-order valence-corrected chi connectivity index (χ2v) is 4.20. The number of carbonyl (C=O) groups is 2. The van der Waals surface area contributed by atoms with E-state index in [0.29, 0.717) is 30.8 Å². The van der Waals surface area contributed by atoms with Crippen LogP contribution in [0.4, 0.5) is 5.82 Å². The maximum atomic E-state index is 11.5. The lowest BCUT2D eigenvalue weighted by Crippen LogP contribution is -2.13. The standard InChI is InChI=1S/C13H18N2O4/c1-9(12(16)17)5-3-7-14-11-10(13(18)19-2)6-4-8-15-11/h4,6,8-9H,3,5,7H2,1-2H3,(H,14,15)(H,16,17). The van der Waals surface area contributed by atoms with Gasteiger partial charge in [-0.3, -0.25) is 4.79 Å². The molecule has 1 unspecified atom stereocenters. The van der Waals surface area contributed by atoms with E-state index < -0.39 is 11.9 Å². The molecule has 104 valence electrons. The Kier molecular flexibility index (Phi) is 5.78. The second-order valence-electron chi connectivity index (χ2n) is 4.20. The van der Waals surface area contributed by atoms with Crippen molar-refractivity contribution in [1.29, 1.82) is 0 Å². The van der Waals surface area contributed by atoms with Gasteiger partial charge >= 0.3 is 11.9 Å². The van der Waals surface area contributed by atoms with E-state index in [0.717, 1.165) is 0 Å². The van der Waals surface area contributed by atoms with Crippen molar-refractivity contribution in [2.24, 2.45) is 5.92 Å². The van der Waals surface area contributed by atoms with Gasteiger partial charge in [-0.25, -0.2) is 9.78 Å². The van der Waals surface area contributed by atoms with Crippen LogP contribution in [0.25, 0.3) is 0 Å². The highest BCUT2D eigenvalue weighted by molar-refractivity contribution is 5.94. The number of pyridine rings is 1. The number of aromatic nitrogens is 1. The molecule has 1 aromatic heterocycles. The van der Waals surface area contributed by atoms with Gasteiger partial charge in [-0.2, -0.15) is 0 Å². The van der Waals surface area contributed by atoms with Crippen molar-refractivity contribution in [3.05, 3.63) is 23.9 Å². The molecule has 0 spiro atoms. The Bertz CT molecular complexity index is 448. The van der Waals surface area contributed by atoms with Gasteiger partial charge in [0.05, 0.1) is 13.0 Å². The van der Waals surface area contributed by atoms with E-state index in [2.05, 4.69) is 15.0 Å². The van der Waals surface area contributed by atoms with Crippen LogP contribution in [0, 0.1) is 5.92 Å². The van der Waals surface area contributed by atoms with Crippen LogP contribution < -0.4 is 5.32 Å². The van der Waals surface area contributed by atoms with Gasteiger partial charge < -0.3 is 15.2 Å². The van der Waals surface area contributed by atoms with Crippen molar-refractivity contribution >= 4 is 17.8 Å². The maximum absolute atomic E-state index is 11.5. The zero-order valence-electron chi connectivity index (χ0n) is 11.0. The van der Waals surface area contributed by atoms with Crippen LogP contribution in [0.1, 0.15) is 30.1 Å². The summed E-state index contributed by atoms with van der Waals surface area (Å²) in [5.41, 5.74) is 0.372. The van der Waals surface area contributed by atoms with E-state index in [1.807, 2.05) is 0 Å². The Hall–Kier alpha value is -2.11. The number of aliphatic carboxylic acids is 1. The first-order valence-electron chi connectivity index (χ1n) is 6.06. The highest BCUT2D eigenvalue weighted by Gasteiger charge is 2.13. The zero-order chi connectivity index (χ0) is 14.3. The van der Waals surface area contributed by atoms with Crippen molar-refractivity contribution in [1.82, 2.24) is 4.98 Å². The summed E-state index contributed by atoms with van der Waals surface area (Å²) in [4.78, 5) is 26.2. The number of carboxylic acids is 1. The van der Waals surface area contributed by atoms with E-state index in [1.165, 1.54) is 7.11 Å². The monoisotopic (exact) mass is 266 g/mol. The van der Waals surface area contributed by atoms with Crippen LogP contribution in [-0.2, 0) is 9.53 Å². The minimum absolute atomic E-state index is 0.370. The average molecular weight is 266 g/mol. The van der Waals surface area contributed by atoms with E-state index in [9.17, 15) is 9.59 Å². The lowest BCUT2D eigenvalue weighted by Gasteiger charge is -2.10. The molecule has 0 amide bonds. The molecule has 1 aromatic rings. The summed E-state index contributed by atoms with van der Waals surface area (Å²) >= 11 is 0. The van der Waals surface area contributed by atoms with Crippen molar-refractivity contribution < 1.29 is 19.4 Å². The predicted octanol–water partition coefficient (Wildman–Crippen LogP) is 1.78. The predicted molar refractivity (Wildman–Crippen MR) is 70.1 cm³/mol. The number of ether oxygens (including phenoxy) is 1. The van der Waals surface area contributed by atoms with Gasteiger partial charge in [-0.1, -0.05) is 6.92 Å². The van der Waals surface area contributed by atoms with Gasteiger partial charge in [0.1, 0.15) is 11.4 Å². The Labute approximate surface area is 111 Å². The van der Waals surface area contributed by atoms with Crippen LogP contribution in [0.5, 0.6) is 0 Å². The van der Waals surface area contributed by atoms with Crippen LogP contribution in [0.15, 0.2) is 18.3 Å². The number of nitrogens with zero attached hydrogens (tertiary/aromatic N) is 1. The number of hydrogen-bond donors (Lipinski definition) is 2. The Morgan fingerprint density at radius 3 is 2.89 bits per heavy atom. The first kappa shape index (κ1) is 14.9. The third kappa shape index (κ3) is 4.57. The Balaban J connectivity index is 2.49. The highest BCUT2D eigenvalue weighted by Crippen LogP contribution is 2.13. The van der Waals surface area contributed by atoms with Crippen LogP contribution in [-0.4, -0.2) is 35.7 Å². The molecular weight excluding hydrogens is 248 g/mol. The normalized spacial score (nSPS) is 11.7. The third-order valence-electron chi connectivity index (χ3n) is 2.74. The number of rotatable bonds is 7. The minimum Gasteiger partial charge on any atom is -0.481 e. The number of anilines is 1. The molecule has 0 saturated heterocycles. The first-order valence-corrected chi connectivity index (χ1v) is 6.06. The molecule has 0 saturated carbocycles. The summed E-state index contributed by atoms with van der Waals surface area (Å²) in [6.45, 7) is 2.22. The number of carbonyl (C=O) groups excluding carboxylic acids is 1. The van der Waals surface area contributed by atoms with E-state index in [-0.39, 0.29) is 5.92 Å². The summed E-state index contributed by atoms with van der Waals surface area (Å²) < 4.78 is 4.66. The average Bonchev–Trinajstić information content (AvgIpc) is 2.42. The fraction of sp³-hybridized carbons (Fsp3) is 0.462. The molecule has 0 aromatic carbocycles. The molecule has 0 aliphatic carbocycles. The topological polar surface area (TPSA) is 88.5 Å². The number of esters is 1. The molecule has 1 heterocycles. The van der Waals surface area contributed by atoms with E-state index in [1.54, 1.807) is 25.3 Å². The van der Waals surface area contributed by atoms with E-state index in [4.69, 9.17) is 5.11 Å². The summed E-state index contributed by atoms with van der Waals surface area (Å²) in [6.07, 6.45) is 2.84. The van der Waals surface area contributed by atoms with Gasteiger partial charge in [0, 0.05) is 12.7 Å². The number of methoxy groups -OCH3 is 1. The number of hydrogen-bond acceptors (Lipinski definition) is 5. The summed E-state index contributed by atoms with van der Waals surface area (Å²) in [5, 5.41) is 11.8. The number of carboxylic acid groups (broad SMARTS) is 1. The van der Waals surface area contributed by atoms with E-state index >= 15 is 0 Å². The molecule has 6 heteroatoms. The van der Waals surface area contributed by atoms with Gasteiger partial charge in [0.2, 0.25) is 0 Å². The molecule has 2 N–H and O–H groups in total. The first-order chi connectivity index (χ1) is 9.06. The quantitative estimate of drug-likeness (QED) is 0.577. The van der Waals surface area contributed by atoms with Crippen molar-refractivity contribution in [3.8, 4) is 0 Å². The van der Waals surface area contributed by atoms with Crippen molar-refractivity contribution in [2.75, 3.05) is 19.0 Å². The molecule has 0 radical (unpaired) electrons. The van der Waals surface area contributed by atoms with Gasteiger partial charge in [-0.15, -0.1) is 0 Å². The summed E-state index contributed by atoms with van der Waals surface area (Å²) in [6, 6.07) is 3.28. The largest absolute Gasteiger partial charge is 0.481 e. The lowest BCUT2D eigenvalue weighted by molar-refractivity contribution is -0.141. The molecule has 19 heavy (non-hydrogen) atoms. The second kappa shape index (κ2) is 7.35. The van der Waals surface area contributed by atoms with Gasteiger partial charge in [-0.05, 0) is 25.0 Å². The minimum atomic E-state index is -0.798. The van der Waals surface area contributed by atoms with Gasteiger partial charge in [0.15, 0.2) is 0 Å². The third-order valence-corrected chi connectivity index (χ3v) is 2.74. The van der Waals surface area contributed by atoms with Gasteiger partial charge in [0.25, 0.3) is 0 Å². The molecule has 1 rings (SSSR count). The summed E-state index contributed by atoms with van der Waals surface area (Å²) in [7, 11) is 1.31. The molecule has 0 aliphatic heterocycles. The maximum Gasteiger partial charge on any atom is 0.341 e. The lowest BCUT2D eigenvalue weighted by atomic mass is 10.1. The highest BCUT2D eigenvalue weighted by atomic mass is 16.5. The van der Waals surface area contributed by atoms with Crippen molar-refractivity contribution in [2.45, 2.75) is 19.8 Å². The molecule has 6 nitrogen and oxygen atoms in total. The zero-order valence-corrected chi connectivity index (χ0v) is 11.0. The molecule has 0 bridgehead atoms. The summed E-state index contributed by atoms with van der Waals surface area (Å²) in [5.74, 6) is -1.16. The molecule has 0 aliphatic rings. The number of nitrogens with one attached hydrogen (secondary N) is 1. The SMILES string of the molecule is COC(=O)c1cccnc1NCCCC(C)C(=O)O. The Morgan fingerprint density at radius 1 is 1.53 bits per heavy atom.